The van der Waals surface area contributed by atoms with E-state index in [1.807, 2.05) is 12.1 Å². The van der Waals surface area contributed by atoms with Crippen LogP contribution < -0.4 is 5.56 Å². The van der Waals surface area contributed by atoms with Gasteiger partial charge < -0.3 is 14.4 Å². The lowest BCUT2D eigenvalue weighted by molar-refractivity contribution is -0.0163. The highest BCUT2D eigenvalue weighted by atomic mass is 19.1. The van der Waals surface area contributed by atoms with Gasteiger partial charge in [-0.05, 0) is 36.6 Å². The molecule has 3 heterocycles. The third-order valence-electron chi connectivity index (χ3n) is 7.00. The lowest BCUT2D eigenvalue weighted by Crippen LogP contribution is -2.42. The molecule has 1 N–H and O–H groups in total. The van der Waals surface area contributed by atoms with Gasteiger partial charge in [0.05, 0.1) is 42.6 Å². The topological polar surface area (TPSA) is 87.8 Å². The Hall–Kier alpha value is -3.14. The Kier molecular flexibility index (Phi) is 7.69. The standard InChI is InChI=1S/C27H31FN4O4/c28-24-6-5-19(18-25-21-3-1-2-4-22(21)26(33)30-29-25)17-23(24)27(34)32-9-7-20(8-10-32)36-16-13-31-11-14-35-15-12-31/h1-6,17,20H,7-16,18H2,(H,30,33). The molecule has 36 heavy (non-hydrogen) atoms. The predicted molar refractivity (Wildman–Crippen MR) is 134 cm³/mol. The van der Waals surface area contributed by atoms with Crippen molar-refractivity contribution in [1.29, 1.82) is 0 Å². The lowest BCUT2D eigenvalue weighted by Gasteiger charge is -2.33. The Morgan fingerprint density at radius 1 is 1.08 bits per heavy atom. The van der Waals surface area contributed by atoms with Crippen LogP contribution in [0.1, 0.15) is 34.5 Å². The van der Waals surface area contributed by atoms with Crippen LogP contribution >= 0.6 is 0 Å². The van der Waals surface area contributed by atoms with Crippen LogP contribution in [0.15, 0.2) is 47.3 Å². The molecule has 1 amide bonds. The number of H-pyrrole nitrogens is 1. The second-order valence-electron chi connectivity index (χ2n) is 9.35. The van der Waals surface area contributed by atoms with E-state index in [9.17, 15) is 14.0 Å². The van der Waals surface area contributed by atoms with Crippen LogP contribution in [0, 0.1) is 5.82 Å². The van der Waals surface area contributed by atoms with Crippen LogP contribution in [0.5, 0.6) is 0 Å². The first-order valence-corrected chi connectivity index (χ1v) is 12.5. The number of nitrogens with zero attached hydrogens (tertiary/aromatic N) is 3. The van der Waals surface area contributed by atoms with Crippen LogP contribution in [-0.2, 0) is 15.9 Å². The number of likely N-dealkylation sites (tertiary alicyclic amines) is 1. The van der Waals surface area contributed by atoms with Gasteiger partial charge in [-0.3, -0.25) is 14.5 Å². The summed E-state index contributed by atoms with van der Waals surface area (Å²) in [4.78, 5) is 29.3. The summed E-state index contributed by atoms with van der Waals surface area (Å²) in [7, 11) is 0. The predicted octanol–water partition coefficient (Wildman–Crippen LogP) is 2.61. The molecule has 0 aliphatic carbocycles. The first-order chi connectivity index (χ1) is 17.6. The number of hydrogen-bond acceptors (Lipinski definition) is 6. The zero-order valence-electron chi connectivity index (χ0n) is 20.2. The van der Waals surface area contributed by atoms with Crippen molar-refractivity contribution >= 4 is 16.7 Å². The van der Waals surface area contributed by atoms with E-state index in [4.69, 9.17) is 9.47 Å². The highest BCUT2D eigenvalue weighted by Crippen LogP contribution is 2.21. The lowest BCUT2D eigenvalue weighted by atomic mass is 10.0. The normalized spacial score (nSPS) is 17.5. The molecule has 8 nitrogen and oxygen atoms in total. The van der Waals surface area contributed by atoms with Gasteiger partial charge in [-0.2, -0.15) is 5.10 Å². The van der Waals surface area contributed by atoms with Crippen LogP contribution in [0.3, 0.4) is 0 Å². The number of amides is 1. The van der Waals surface area contributed by atoms with Crippen molar-refractivity contribution < 1.29 is 18.7 Å². The second-order valence-corrected chi connectivity index (χ2v) is 9.35. The minimum atomic E-state index is -0.535. The van der Waals surface area contributed by atoms with E-state index in [1.54, 1.807) is 29.2 Å². The molecule has 0 atom stereocenters. The van der Waals surface area contributed by atoms with Crippen LogP contribution in [0.2, 0.25) is 0 Å². The minimum absolute atomic E-state index is 0.0629. The fourth-order valence-electron chi connectivity index (χ4n) is 4.91. The summed E-state index contributed by atoms with van der Waals surface area (Å²) in [6, 6.07) is 11.8. The summed E-state index contributed by atoms with van der Waals surface area (Å²) in [6.07, 6.45) is 1.97. The molecule has 190 valence electrons. The number of piperidine rings is 1. The zero-order valence-corrected chi connectivity index (χ0v) is 20.2. The summed E-state index contributed by atoms with van der Waals surface area (Å²) in [5.41, 5.74) is 1.24. The van der Waals surface area contributed by atoms with E-state index in [2.05, 4.69) is 15.1 Å². The Labute approximate surface area is 209 Å². The van der Waals surface area contributed by atoms with Crippen LogP contribution in [0.4, 0.5) is 4.39 Å². The molecular weight excluding hydrogens is 463 g/mol. The summed E-state index contributed by atoms with van der Waals surface area (Å²) in [5, 5.41) is 8.02. The molecule has 0 spiro atoms. The number of halogens is 1. The van der Waals surface area contributed by atoms with E-state index < -0.39 is 5.82 Å². The molecule has 0 unspecified atom stereocenters. The maximum Gasteiger partial charge on any atom is 0.272 e. The first-order valence-electron chi connectivity index (χ1n) is 12.5. The van der Waals surface area contributed by atoms with Crippen molar-refractivity contribution in [3.8, 4) is 0 Å². The SMILES string of the molecule is O=C(c1cc(Cc2n[nH]c(=O)c3ccccc23)ccc1F)N1CCC(OCCN2CCOCC2)CC1. The molecule has 1 aromatic heterocycles. The number of aromatic nitrogens is 2. The molecule has 0 radical (unpaired) electrons. The fraction of sp³-hybridized carbons (Fsp3) is 0.444. The van der Waals surface area contributed by atoms with E-state index in [1.165, 1.54) is 6.07 Å². The summed E-state index contributed by atoms with van der Waals surface area (Å²) < 4.78 is 26.1. The molecule has 2 aliphatic heterocycles. The smallest absolute Gasteiger partial charge is 0.272 e. The van der Waals surface area contributed by atoms with Crippen molar-refractivity contribution in [3.05, 3.63) is 75.5 Å². The molecule has 2 aromatic carbocycles. The van der Waals surface area contributed by atoms with E-state index in [-0.39, 0.29) is 23.1 Å². The largest absolute Gasteiger partial charge is 0.379 e. The second kappa shape index (κ2) is 11.3. The van der Waals surface area contributed by atoms with Crippen molar-refractivity contribution in [2.24, 2.45) is 0 Å². The van der Waals surface area contributed by atoms with Gasteiger partial charge in [-0.25, -0.2) is 9.49 Å². The Morgan fingerprint density at radius 3 is 2.61 bits per heavy atom. The Morgan fingerprint density at radius 2 is 1.83 bits per heavy atom. The van der Waals surface area contributed by atoms with Crippen LogP contribution in [-0.4, -0.2) is 84.6 Å². The van der Waals surface area contributed by atoms with Crippen molar-refractivity contribution in [3.63, 3.8) is 0 Å². The number of carbonyl (C=O) groups excluding carboxylic acids is 1. The van der Waals surface area contributed by atoms with Gasteiger partial charge in [0.25, 0.3) is 11.5 Å². The number of carbonyl (C=O) groups is 1. The van der Waals surface area contributed by atoms with Crippen molar-refractivity contribution in [2.45, 2.75) is 25.4 Å². The van der Waals surface area contributed by atoms with E-state index >= 15 is 0 Å². The van der Waals surface area contributed by atoms with Crippen molar-refractivity contribution in [2.75, 3.05) is 52.5 Å². The van der Waals surface area contributed by atoms with Gasteiger partial charge in [-0.15, -0.1) is 0 Å². The number of fused-ring (bicyclic) bond motifs is 1. The monoisotopic (exact) mass is 494 g/mol. The number of ether oxygens (including phenoxy) is 2. The maximum atomic E-state index is 14.7. The average Bonchev–Trinajstić information content (AvgIpc) is 2.92. The quantitative estimate of drug-likeness (QED) is 0.543. The van der Waals surface area contributed by atoms with Crippen LogP contribution in [0.25, 0.3) is 10.8 Å². The zero-order chi connectivity index (χ0) is 24.9. The van der Waals surface area contributed by atoms with Gasteiger partial charge in [0.2, 0.25) is 0 Å². The maximum absolute atomic E-state index is 14.7. The molecule has 9 heteroatoms. The number of hydrogen-bond donors (Lipinski definition) is 1. The van der Waals surface area contributed by atoms with Crippen molar-refractivity contribution in [1.82, 2.24) is 20.0 Å². The summed E-state index contributed by atoms with van der Waals surface area (Å²) in [6.45, 7) is 6.06. The van der Waals surface area contributed by atoms with Gasteiger partial charge in [-0.1, -0.05) is 24.3 Å². The molecule has 3 aromatic rings. The molecule has 0 bridgehead atoms. The third-order valence-corrected chi connectivity index (χ3v) is 7.00. The number of rotatable bonds is 7. The van der Waals surface area contributed by atoms with E-state index in [0.29, 0.717) is 37.2 Å². The summed E-state index contributed by atoms with van der Waals surface area (Å²) in [5.74, 6) is -0.840. The first kappa shape index (κ1) is 24.5. The summed E-state index contributed by atoms with van der Waals surface area (Å²) >= 11 is 0. The average molecular weight is 495 g/mol. The number of morpholine rings is 1. The van der Waals surface area contributed by atoms with Gasteiger partial charge in [0.1, 0.15) is 5.82 Å². The minimum Gasteiger partial charge on any atom is -0.379 e. The molecule has 2 aliphatic rings. The van der Waals surface area contributed by atoms with Gasteiger partial charge in [0.15, 0.2) is 0 Å². The fourth-order valence-corrected chi connectivity index (χ4v) is 4.91. The highest BCUT2D eigenvalue weighted by Gasteiger charge is 2.26. The number of aromatic amines is 1. The molecule has 5 rings (SSSR count). The Bertz CT molecular complexity index is 1270. The molecule has 2 saturated heterocycles. The van der Waals surface area contributed by atoms with E-state index in [0.717, 1.165) is 56.6 Å². The number of nitrogens with one attached hydrogen (secondary N) is 1. The Balaban J connectivity index is 1.20. The molecule has 2 fully saturated rings. The molecule has 0 saturated carbocycles. The van der Waals surface area contributed by atoms with Gasteiger partial charge >= 0.3 is 0 Å². The van der Waals surface area contributed by atoms with Gasteiger partial charge in [0, 0.05) is 44.5 Å². The third kappa shape index (κ3) is 5.64. The molecular formula is C27H31FN4O4. The number of benzene rings is 2. The highest BCUT2D eigenvalue weighted by molar-refractivity contribution is 5.95.